The van der Waals surface area contributed by atoms with Crippen molar-refractivity contribution >= 4 is 5.97 Å². The summed E-state index contributed by atoms with van der Waals surface area (Å²) in [6, 6.07) is 0. The molecule has 0 amide bonds. The Kier molecular flexibility index (Phi) is 3.40. The van der Waals surface area contributed by atoms with E-state index in [-0.39, 0.29) is 35.1 Å². The number of hydrogen-bond acceptors (Lipinski definition) is 4. The van der Waals surface area contributed by atoms with Gasteiger partial charge in [-0.3, -0.25) is 4.79 Å². The molecule has 5 nitrogen and oxygen atoms in total. The number of ether oxygens (including phenoxy) is 2. The molecule has 4 aliphatic rings. The van der Waals surface area contributed by atoms with E-state index in [2.05, 4.69) is 27.7 Å². The highest BCUT2D eigenvalue weighted by Gasteiger charge is 2.81. The summed E-state index contributed by atoms with van der Waals surface area (Å²) in [5, 5.41) is 20.0. The standard InChI is InChI=1S/C20H32O5/c1-16(2)12-10-14-19(5,24-14)20(18(12,4)7-6-13(16)21)9-8-17(3,25-20)11-15(22)23/h12-14,21H,6-11H2,1-5H3,(H,22,23)/t12-,13+,14-,17-,18+,19-,20+/m1/s1. The molecule has 2 saturated heterocycles. The van der Waals surface area contributed by atoms with Crippen LogP contribution in [-0.4, -0.2) is 45.2 Å². The van der Waals surface area contributed by atoms with Gasteiger partial charge in [-0.05, 0) is 57.3 Å². The molecular formula is C20H32O5. The van der Waals surface area contributed by atoms with Crippen LogP contribution in [0.5, 0.6) is 0 Å². The van der Waals surface area contributed by atoms with Gasteiger partial charge in [0, 0.05) is 5.41 Å². The Morgan fingerprint density at radius 1 is 1.12 bits per heavy atom. The lowest BCUT2D eigenvalue weighted by molar-refractivity contribution is -0.250. The minimum absolute atomic E-state index is 0.0300. The molecule has 2 N–H and O–H groups in total. The zero-order valence-corrected chi connectivity index (χ0v) is 16.1. The first kappa shape index (κ1) is 17.7. The Labute approximate surface area is 150 Å². The van der Waals surface area contributed by atoms with Gasteiger partial charge in [0.2, 0.25) is 0 Å². The largest absolute Gasteiger partial charge is 0.481 e. The third-order valence-electron chi connectivity index (χ3n) is 8.53. The fraction of sp³-hybridized carbons (Fsp3) is 0.950. The first-order valence-electron chi connectivity index (χ1n) is 9.68. The van der Waals surface area contributed by atoms with Crippen LogP contribution in [0.1, 0.15) is 73.1 Å². The summed E-state index contributed by atoms with van der Waals surface area (Å²) in [6.07, 6.45) is 4.08. The fourth-order valence-electron chi connectivity index (χ4n) is 6.91. The normalized spacial score (nSPS) is 56.3. The quantitative estimate of drug-likeness (QED) is 0.747. The number of aliphatic carboxylic acids is 1. The van der Waals surface area contributed by atoms with E-state index in [1.54, 1.807) is 0 Å². The second-order valence-corrected chi connectivity index (χ2v) is 10.2. The van der Waals surface area contributed by atoms with E-state index < -0.39 is 17.2 Å². The molecule has 0 aromatic rings. The Bertz CT molecular complexity index is 617. The van der Waals surface area contributed by atoms with Crippen molar-refractivity contribution in [3.63, 3.8) is 0 Å². The minimum atomic E-state index is -0.810. The van der Waals surface area contributed by atoms with E-state index in [1.165, 1.54) is 0 Å². The first-order valence-corrected chi connectivity index (χ1v) is 9.68. The fourth-order valence-corrected chi connectivity index (χ4v) is 6.91. The molecule has 2 saturated carbocycles. The van der Waals surface area contributed by atoms with Gasteiger partial charge >= 0.3 is 5.97 Å². The molecule has 0 aromatic carbocycles. The zero-order valence-electron chi connectivity index (χ0n) is 16.1. The number of hydrogen-bond donors (Lipinski definition) is 2. The van der Waals surface area contributed by atoms with E-state index in [1.807, 2.05) is 6.92 Å². The van der Waals surface area contributed by atoms with Gasteiger partial charge in [0.1, 0.15) is 11.2 Å². The number of aliphatic hydroxyl groups is 1. The van der Waals surface area contributed by atoms with Crippen molar-refractivity contribution in [3.05, 3.63) is 0 Å². The van der Waals surface area contributed by atoms with Gasteiger partial charge in [-0.25, -0.2) is 0 Å². The predicted molar refractivity (Wildman–Crippen MR) is 92.2 cm³/mol. The van der Waals surface area contributed by atoms with Crippen molar-refractivity contribution in [3.8, 4) is 0 Å². The van der Waals surface area contributed by atoms with Gasteiger partial charge in [0.25, 0.3) is 0 Å². The van der Waals surface area contributed by atoms with E-state index >= 15 is 0 Å². The van der Waals surface area contributed by atoms with Crippen LogP contribution in [0.25, 0.3) is 0 Å². The summed E-state index contributed by atoms with van der Waals surface area (Å²) in [7, 11) is 0. The maximum Gasteiger partial charge on any atom is 0.306 e. The lowest BCUT2D eigenvalue weighted by atomic mass is 9.44. The Balaban J connectivity index is 1.77. The molecule has 142 valence electrons. The summed E-state index contributed by atoms with van der Waals surface area (Å²) in [5.41, 5.74) is -1.74. The average molecular weight is 352 g/mol. The molecule has 2 aliphatic heterocycles. The SMILES string of the molecule is CC1(C)[C@H]2C[C@H]3O[C@@]3(C)[C@]3(CC[C@](C)(CC(=O)O)O3)[C@@]2(C)CC[C@@H]1O. The van der Waals surface area contributed by atoms with Crippen molar-refractivity contribution in [1.29, 1.82) is 0 Å². The maximum absolute atomic E-state index is 11.4. The van der Waals surface area contributed by atoms with Crippen molar-refractivity contribution in [1.82, 2.24) is 0 Å². The number of fused-ring (bicyclic) bond motifs is 4. The summed E-state index contributed by atoms with van der Waals surface area (Å²) in [4.78, 5) is 11.4. The van der Waals surface area contributed by atoms with Crippen LogP contribution in [0.2, 0.25) is 0 Å². The number of aliphatic hydroxyl groups excluding tert-OH is 1. The van der Waals surface area contributed by atoms with Gasteiger partial charge < -0.3 is 19.7 Å². The highest BCUT2D eigenvalue weighted by atomic mass is 16.7. The highest BCUT2D eigenvalue weighted by Crippen LogP contribution is 2.74. The van der Waals surface area contributed by atoms with Crippen LogP contribution in [0.4, 0.5) is 0 Å². The summed E-state index contributed by atoms with van der Waals surface area (Å²) in [5.74, 6) is -0.508. The Morgan fingerprint density at radius 3 is 2.44 bits per heavy atom. The number of rotatable bonds is 2. The lowest BCUT2D eigenvalue weighted by Crippen LogP contribution is -2.68. The molecular weight excluding hydrogens is 320 g/mol. The Morgan fingerprint density at radius 2 is 1.80 bits per heavy atom. The molecule has 0 bridgehead atoms. The van der Waals surface area contributed by atoms with Crippen LogP contribution in [-0.2, 0) is 14.3 Å². The average Bonchev–Trinajstić information content (AvgIpc) is 3.02. The Hall–Kier alpha value is -0.650. The van der Waals surface area contributed by atoms with Crippen LogP contribution in [0.3, 0.4) is 0 Å². The molecule has 5 heteroatoms. The summed E-state index contributed by atoms with van der Waals surface area (Å²) >= 11 is 0. The van der Waals surface area contributed by atoms with Crippen LogP contribution in [0.15, 0.2) is 0 Å². The third kappa shape index (κ3) is 2.03. The minimum Gasteiger partial charge on any atom is -0.481 e. The van der Waals surface area contributed by atoms with Crippen molar-refractivity contribution in [2.24, 2.45) is 16.7 Å². The number of carboxylic acids is 1. The molecule has 0 unspecified atom stereocenters. The lowest BCUT2D eigenvalue weighted by Gasteiger charge is -2.63. The molecule has 7 atom stereocenters. The first-order chi connectivity index (χ1) is 11.4. The van der Waals surface area contributed by atoms with Gasteiger partial charge in [-0.15, -0.1) is 0 Å². The number of carboxylic acid groups (broad SMARTS) is 1. The zero-order chi connectivity index (χ0) is 18.5. The van der Waals surface area contributed by atoms with Gasteiger partial charge in [0.15, 0.2) is 0 Å². The molecule has 25 heavy (non-hydrogen) atoms. The van der Waals surface area contributed by atoms with Crippen molar-refractivity contribution in [2.75, 3.05) is 0 Å². The van der Waals surface area contributed by atoms with Crippen molar-refractivity contribution < 1.29 is 24.5 Å². The van der Waals surface area contributed by atoms with Crippen molar-refractivity contribution in [2.45, 2.75) is 102 Å². The van der Waals surface area contributed by atoms with E-state index in [9.17, 15) is 15.0 Å². The van der Waals surface area contributed by atoms with Crippen LogP contribution < -0.4 is 0 Å². The molecule has 4 fully saturated rings. The second kappa shape index (κ2) is 4.79. The molecule has 4 rings (SSSR count). The van der Waals surface area contributed by atoms with Gasteiger partial charge in [-0.2, -0.15) is 0 Å². The molecule has 2 heterocycles. The van der Waals surface area contributed by atoms with E-state index in [4.69, 9.17) is 9.47 Å². The van der Waals surface area contributed by atoms with E-state index in [0.29, 0.717) is 5.92 Å². The second-order valence-electron chi connectivity index (χ2n) is 10.2. The molecule has 2 aliphatic carbocycles. The van der Waals surface area contributed by atoms with E-state index in [0.717, 1.165) is 32.1 Å². The van der Waals surface area contributed by atoms with Gasteiger partial charge in [-0.1, -0.05) is 20.8 Å². The molecule has 0 radical (unpaired) electrons. The molecule has 1 spiro atoms. The maximum atomic E-state index is 11.4. The van der Waals surface area contributed by atoms with Crippen LogP contribution >= 0.6 is 0 Å². The monoisotopic (exact) mass is 352 g/mol. The predicted octanol–water partition coefficient (Wildman–Crippen LogP) is 3.13. The smallest absolute Gasteiger partial charge is 0.306 e. The topological polar surface area (TPSA) is 79.3 Å². The number of carbonyl (C=O) groups is 1. The highest BCUT2D eigenvalue weighted by molar-refractivity contribution is 5.68. The summed E-state index contributed by atoms with van der Waals surface area (Å²) < 4.78 is 13.0. The van der Waals surface area contributed by atoms with Crippen LogP contribution in [0, 0.1) is 16.7 Å². The third-order valence-corrected chi connectivity index (χ3v) is 8.53. The number of epoxide rings is 1. The summed E-state index contributed by atoms with van der Waals surface area (Å²) in [6.45, 7) is 10.7. The molecule has 0 aromatic heterocycles. The van der Waals surface area contributed by atoms with Gasteiger partial charge in [0.05, 0.1) is 24.2 Å².